The van der Waals surface area contributed by atoms with Crippen LogP contribution in [0.3, 0.4) is 0 Å². The standard InChI is InChI=1S/C12H11NO5S2/c14-10-3-1-9(2-4-10)13-20(17,18)12-7-5-11(6-8-12)19(15)16/h1-8,13-14H,(H,15,16)/p-1. The molecule has 0 heterocycles. The van der Waals surface area contributed by atoms with Crippen molar-refractivity contribution in [3.05, 3.63) is 48.5 Å². The maximum Gasteiger partial charge on any atom is 0.261 e. The van der Waals surface area contributed by atoms with Crippen LogP contribution in [0.5, 0.6) is 5.75 Å². The zero-order chi connectivity index (χ0) is 14.8. The van der Waals surface area contributed by atoms with Crippen molar-refractivity contribution in [2.45, 2.75) is 9.79 Å². The van der Waals surface area contributed by atoms with Crippen LogP contribution < -0.4 is 4.72 Å². The van der Waals surface area contributed by atoms with Gasteiger partial charge in [0.1, 0.15) is 5.75 Å². The summed E-state index contributed by atoms with van der Waals surface area (Å²) in [6.07, 6.45) is 0. The Bertz CT molecular complexity index is 723. The van der Waals surface area contributed by atoms with E-state index in [2.05, 4.69) is 4.72 Å². The van der Waals surface area contributed by atoms with Gasteiger partial charge in [-0.05, 0) is 59.6 Å². The molecular weight excluding hydrogens is 302 g/mol. The molecular formula is C12H10NO5S2-. The molecule has 0 radical (unpaired) electrons. The Kier molecular flexibility index (Phi) is 4.07. The van der Waals surface area contributed by atoms with Crippen molar-refractivity contribution < 1.29 is 22.3 Å². The summed E-state index contributed by atoms with van der Waals surface area (Å²) in [5, 5.41) is 9.12. The maximum absolute atomic E-state index is 12.0. The van der Waals surface area contributed by atoms with E-state index in [0.29, 0.717) is 5.69 Å². The van der Waals surface area contributed by atoms with Gasteiger partial charge in [-0.3, -0.25) is 8.93 Å². The van der Waals surface area contributed by atoms with E-state index >= 15 is 0 Å². The number of sulfonamides is 1. The summed E-state index contributed by atoms with van der Waals surface area (Å²) in [6.45, 7) is 0. The predicted octanol–water partition coefficient (Wildman–Crippen LogP) is 1.43. The van der Waals surface area contributed by atoms with Crippen LogP contribution in [-0.4, -0.2) is 22.3 Å². The molecule has 0 saturated heterocycles. The summed E-state index contributed by atoms with van der Waals surface area (Å²) in [7, 11) is -3.80. The van der Waals surface area contributed by atoms with E-state index in [4.69, 9.17) is 5.11 Å². The van der Waals surface area contributed by atoms with Crippen molar-refractivity contribution in [1.29, 1.82) is 0 Å². The van der Waals surface area contributed by atoms with Gasteiger partial charge in [0.05, 0.1) is 4.90 Å². The minimum Gasteiger partial charge on any atom is -0.768 e. The van der Waals surface area contributed by atoms with Gasteiger partial charge in [0.15, 0.2) is 0 Å². The zero-order valence-electron chi connectivity index (χ0n) is 10.0. The van der Waals surface area contributed by atoms with Gasteiger partial charge >= 0.3 is 0 Å². The third-order valence-electron chi connectivity index (χ3n) is 2.45. The molecule has 0 aromatic heterocycles. The average molecular weight is 312 g/mol. The Hall–Kier alpha value is -1.90. The normalized spacial score (nSPS) is 12.8. The molecule has 2 aromatic rings. The molecule has 20 heavy (non-hydrogen) atoms. The number of phenols is 1. The monoisotopic (exact) mass is 312 g/mol. The second-order valence-corrected chi connectivity index (χ2v) is 6.48. The van der Waals surface area contributed by atoms with E-state index < -0.39 is 21.1 Å². The average Bonchev–Trinajstić information content (AvgIpc) is 2.41. The molecule has 0 amide bonds. The van der Waals surface area contributed by atoms with Crippen LogP contribution in [0.2, 0.25) is 0 Å². The largest absolute Gasteiger partial charge is 0.768 e. The number of anilines is 1. The van der Waals surface area contributed by atoms with Gasteiger partial charge in [0.25, 0.3) is 10.0 Å². The fraction of sp³-hybridized carbons (Fsp3) is 0. The van der Waals surface area contributed by atoms with Crippen molar-refractivity contribution >= 4 is 26.8 Å². The Morgan fingerprint density at radius 1 is 1.00 bits per heavy atom. The summed E-state index contributed by atoms with van der Waals surface area (Å²) >= 11 is -2.40. The molecule has 2 rings (SSSR count). The second kappa shape index (κ2) is 5.61. The Morgan fingerprint density at radius 3 is 2.05 bits per heavy atom. The van der Waals surface area contributed by atoms with Crippen molar-refractivity contribution in [3.8, 4) is 5.75 Å². The Labute approximate surface area is 118 Å². The lowest BCUT2D eigenvalue weighted by Crippen LogP contribution is -2.12. The van der Waals surface area contributed by atoms with Gasteiger partial charge in [-0.2, -0.15) is 0 Å². The van der Waals surface area contributed by atoms with Gasteiger partial charge in [0, 0.05) is 10.6 Å². The molecule has 0 fully saturated rings. The van der Waals surface area contributed by atoms with Gasteiger partial charge in [-0.25, -0.2) is 8.42 Å². The first-order chi connectivity index (χ1) is 9.38. The minimum atomic E-state index is -3.80. The lowest BCUT2D eigenvalue weighted by Gasteiger charge is -2.09. The van der Waals surface area contributed by atoms with Crippen molar-refractivity contribution in [1.82, 2.24) is 0 Å². The van der Waals surface area contributed by atoms with Crippen LogP contribution in [0, 0.1) is 0 Å². The number of benzene rings is 2. The highest BCUT2D eigenvalue weighted by Gasteiger charge is 2.14. The lowest BCUT2D eigenvalue weighted by atomic mass is 10.3. The van der Waals surface area contributed by atoms with Gasteiger partial charge in [-0.15, -0.1) is 0 Å². The fourth-order valence-electron chi connectivity index (χ4n) is 1.47. The first-order valence-corrected chi connectivity index (χ1v) is 7.95. The van der Waals surface area contributed by atoms with E-state index in [9.17, 15) is 17.2 Å². The highest BCUT2D eigenvalue weighted by Crippen LogP contribution is 2.19. The SMILES string of the molecule is O=S([O-])c1ccc(S(=O)(=O)Nc2ccc(O)cc2)cc1. The number of nitrogens with one attached hydrogen (secondary N) is 1. The third kappa shape index (κ3) is 3.35. The van der Waals surface area contributed by atoms with Crippen LogP contribution in [0.1, 0.15) is 0 Å². The lowest BCUT2D eigenvalue weighted by molar-refractivity contribution is 0.475. The summed E-state index contributed by atoms with van der Waals surface area (Å²) < 4.78 is 47.8. The molecule has 1 unspecified atom stereocenters. The molecule has 8 heteroatoms. The first kappa shape index (κ1) is 14.5. The van der Waals surface area contributed by atoms with Crippen LogP contribution in [0.4, 0.5) is 5.69 Å². The molecule has 2 N–H and O–H groups in total. The maximum atomic E-state index is 12.0. The fourth-order valence-corrected chi connectivity index (χ4v) is 2.89. The molecule has 0 aliphatic rings. The molecule has 0 saturated carbocycles. The van der Waals surface area contributed by atoms with E-state index in [0.717, 1.165) is 0 Å². The number of rotatable bonds is 4. The molecule has 0 aliphatic heterocycles. The number of aromatic hydroxyl groups is 1. The zero-order valence-corrected chi connectivity index (χ0v) is 11.6. The van der Waals surface area contributed by atoms with Gasteiger partial charge in [0.2, 0.25) is 0 Å². The molecule has 0 spiro atoms. The van der Waals surface area contributed by atoms with E-state index in [-0.39, 0.29) is 15.5 Å². The molecule has 2 aromatic carbocycles. The molecule has 106 valence electrons. The highest BCUT2D eigenvalue weighted by atomic mass is 32.2. The molecule has 1 atom stereocenters. The quantitative estimate of drug-likeness (QED) is 0.656. The van der Waals surface area contributed by atoms with E-state index in [1.807, 2.05) is 0 Å². The number of phenolic OH excluding ortho intramolecular Hbond substituents is 1. The van der Waals surface area contributed by atoms with E-state index in [1.54, 1.807) is 0 Å². The van der Waals surface area contributed by atoms with Crippen LogP contribution in [0.15, 0.2) is 58.3 Å². The minimum absolute atomic E-state index is 0.00795. The topological polar surface area (TPSA) is 107 Å². The molecule has 6 nitrogen and oxygen atoms in total. The Balaban J connectivity index is 2.26. The Morgan fingerprint density at radius 2 is 1.55 bits per heavy atom. The molecule has 0 aliphatic carbocycles. The number of hydrogen-bond donors (Lipinski definition) is 2. The smallest absolute Gasteiger partial charge is 0.261 e. The first-order valence-electron chi connectivity index (χ1n) is 5.40. The van der Waals surface area contributed by atoms with Gasteiger partial charge < -0.3 is 9.66 Å². The van der Waals surface area contributed by atoms with Gasteiger partial charge in [-0.1, -0.05) is 0 Å². The van der Waals surface area contributed by atoms with E-state index in [1.165, 1.54) is 48.5 Å². The third-order valence-corrected chi connectivity index (χ3v) is 4.50. The van der Waals surface area contributed by atoms with Crippen LogP contribution in [-0.2, 0) is 21.1 Å². The summed E-state index contributed by atoms with van der Waals surface area (Å²) in [5.74, 6) is 0.0234. The van der Waals surface area contributed by atoms with Crippen molar-refractivity contribution in [2.24, 2.45) is 0 Å². The molecule has 0 bridgehead atoms. The summed E-state index contributed by atoms with van der Waals surface area (Å²) in [6, 6.07) is 10.3. The number of hydrogen-bond acceptors (Lipinski definition) is 5. The van der Waals surface area contributed by atoms with Crippen molar-refractivity contribution in [3.63, 3.8) is 0 Å². The highest BCUT2D eigenvalue weighted by molar-refractivity contribution is 7.92. The van der Waals surface area contributed by atoms with Crippen molar-refractivity contribution in [2.75, 3.05) is 4.72 Å². The summed E-state index contributed by atoms with van der Waals surface area (Å²) in [4.78, 5) is -0.0478. The summed E-state index contributed by atoms with van der Waals surface area (Å²) in [5.41, 5.74) is 0.291. The van der Waals surface area contributed by atoms with Crippen LogP contribution in [0.25, 0.3) is 0 Å². The second-order valence-electron chi connectivity index (χ2n) is 3.86. The van der Waals surface area contributed by atoms with Crippen LogP contribution >= 0.6 is 0 Å². The predicted molar refractivity (Wildman–Crippen MR) is 72.5 cm³/mol.